The van der Waals surface area contributed by atoms with Crippen LogP contribution in [0.25, 0.3) is 0 Å². The molecule has 116 heavy (non-hydrogen) atoms. The summed E-state index contributed by atoms with van der Waals surface area (Å²) in [4.78, 5) is 206. The molecule has 34 nitrogen and oxygen atoms in total. The van der Waals surface area contributed by atoms with Crippen LogP contribution in [0.4, 0.5) is 38.4 Å². The smallest absolute Gasteiger partial charge is 0.336 e. The van der Waals surface area contributed by atoms with Gasteiger partial charge in [-0.05, 0) is 122 Å². The highest BCUT2D eigenvalue weighted by Crippen LogP contribution is 2.15. The van der Waals surface area contributed by atoms with Crippen molar-refractivity contribution >= 4 is 119 Å². The summed E-state index contributed by atoms with van der Waals surface area (Å²) in [5.74, 6) is 0. The average Bonchev–Trinajstić information content (AvgIpc) is 0.785. The average molecular weight is 1720 g/mol. The number of nitrogens with one attached hydrogen (secondary N) is 8. The number of nitrogens with zero attached hydrogens (tertiary/aromatic N) is 11. The summed E-state index contributed by atoms with van der Waals surface area (Å²) in [7, 11) is -1.86. The van der Waals surface area contributed by atoms with Crippen LogP contribution in [0.15, 0.2) is 34.4 Å². The van der Waals surface area contributed by atoms with E-state index in [1.807, 2.05) is 6.92 Å². The fraction of sp³-hybridized carbons (Fsp3) is 0.805. The Labute approximate surface area is 699 Å². The van der Waals surface area contributed by atoms with E-state index in [-0.39, 0.29) is 83.9 Å². The first-order valence-corrected chi connectivity index (χ1v) is 56.9. The van der Waals surface area contributed by atoms with E-state index in [2.05, 4.69) is 108 Å². The van der Waals surface area contributed by atoms with Crippen LogP contribution < -0.4 is 59.6 Å². The molecule has 0 bridgehead atoms. The predicted octanol–water partition coefficient (Wildman–Crippen LogP) is 8.70. The van der Waals surface area contributed by atoms with E-state index in [0.29, 0.717) is 155 Å². The van der Waals surface area contributed by atoms with Crippen molar-refractivity contribution in [3.8, 4) is 0 Å². The SMILES string of the molecule is CCCCCC(N=C=O)N(C(=O)NCCCCCCN(C(=O)NCCCCCCN=C=O)C(=O)NCCC[SiH2]C)C(=O)NCCC[SiH2]C.C[SiH2]CCCNC(=O)N(CCCCCCN=C=O)C(=O)NCCCCCCN(C(=O)NCCCCCCn1c(=O)n(CCCCN=C=O)c(=O)n(CCC[Si](C)(C)C)c1=O)C(=O)NCCC[SiH2]C. The zero-order chi connectivity index (χ0) is 86.1. The number of carbonyl (C=O) groups excluding carboxylic acids is 12. The van der Waals surface area contributed by atoms with Crippen molar-refractivity contribution in [1.82, 2.24) is 75.8 Å². The number of amides is 16. The number of aromatic nitrogens is 3. The molecule has 0 aromatic carbocycles. The van der Waals surface area contributed by atoms with Gasteiger partial charge in [0.15, 0.2) is 0 Å². The molecular formula is C77H147N19O15Si5. The van der Waals surface area contributed by atoms with Gasteiger partial charge in [0.25, 0.3) is 0 Å². The Bertz CT molecular complexity index is 3310. The van der Waals surface area contributed by atoms with Crippen molar-refractivity contribution in [2.24, 2.45) is 20.0 Å². The zero-order valence-corrected chi connectivity index (χ0v) is 78.6. The monoisotopic (exact) mass is 1720 g/mol. The maximum Gasteiger partial charge on any atom is 0.336 e. The molecule has 16 amide bonds. The molecule has 0 saturated heterocycles. The second-order valence-electron chi connectivity index (χ2n) is 30.4. The first kappa shape index (κ1) is 108. The minimum Gasteiger partial charge on any atom is -0.338 e. The highest BCUT2D eigenvalue weighted by atomic mass is 28.3. The summed E-state index contributed by atoms with van der Waals surface area (Å²) >= 11 is 0. The van der Waals surface area contributed by atoms with E-state index in [4.69, 9.17) is 0 Å². The van der Waals surface area contributed by atoms with Gasteiger partial charge < -0.3 is 42.5 Å². The van der Waals surface area contributed by atoms with Crippen LogP contribution in [0.5, 0.6) is 0 Å². The molecule has 0 spiro atoms. The van der Waals surface area contributed by atoms with Gasteiger partial charge in [-0.15, -0.1) is 0 Å². The van der Waals surface area contributed by atoms with Crippen LogP contribution in [-0.4, -0.2) is 250 Å². The van der Waals surface area contributed by atoms with Crippen LogP contribution in [0.3, 0.4) is 0 Å². The number of carbonyl (C=O) groups is 8. The molecule has 1 heterocycles. The third kappa shape index (κ3) is 54.1. The lowest BCUT2D eigenvalue weighted by atomic mass is 10.1. The van der Waals surface area contributed by atoms with Gasteiger partial charge in [-0.1, -0.05) is 160 Å². The summed E-state index contributed by atoms with van der Waals surface area (Å²) in [6.07, 6.45) is 27.5. The molecule has 8 N–H and O–H groups in total. The molecule has 39 heteroatoms. The lowest BCUT2D eigenvalue weighted by Crippen LogP contribution is -2.54. The number of imide groups is 4. The number of unbranched alkanes of at least 4 members (excludes halogenated alkanes) is 18. The zero-order valence-electron chi connectivity index (χ0n) is 71.9. The van der Waals surface area contributed by atoms with Gasteiger partial charge in [-0.25, -0.2) is 120 Å². The Morgan fingerprint density at radius 1 is 0.345 bits per heavy atom. The van der Waals surface area contributed by atoms with Crippen LogP contribution in [-0.2, 0) is 38.8 Å². The largest absolute Gasteiger partial charge is 0.338 e. The standard InChI is InChI=1S/C45H85N11O9Si3.C32H62N8O6Si2/c1-66-34-20-27-50-41(61)52(29-16-9-6-12-23-46-37-57)39(59)48-25-13-7-10-17-30-53(42(62)51-28-21-35-67-2)40(60)49-26-14-8-11-18-31-54-43(63)55(32-19-15-24-47-38-58)45(65)56(44(54)64)33-22-36-68(3,4)5;1-4-5-10-17-28(38-27-42)40(32(46)37-22-16-25-48-3)31(45)36-20-13-8-9-14-23-39(30(44)35-21-15-24-47-2)29(43)34-19-12-7-6-11-18-33-26-41/h6-36,66-67H2,1-5H3,(H,48,59)(H,49,60)(H,50,61)(H,51,62);28H,4-25,47-48H2,1-3H3,(H,34,43)(H,35,44)(H,36,45)(H,37,46). The van der Waals surface area contributed by atoms with Crippen molar-refractivity contribution in [2.75, 3.05) is 91.6 Å². The topological polar surface area (TPSA) is 429 Å². The Morgan fingerprint density at radius 3 is 0.905 bits per heavy atom. The number of urea groups is 8. The maximum atomic E-state index is 13.5. The van der Waals surface area contributed by atoms with Gasteiger partial charge in [-0.3, -0.25) is 0 Å². The normalized spacial score (nSPS) is 11.4. The summed E-state index contributed by atoms with van der Waals surface area (Å²) in [5.41, 5.74) is -1.86. The number of rotatable bonds is 66. The molecule has 1 aromatic rings. The van der Waals surface area contributed by atoms with E-state index in [0.717, 1.165) is 153 Å². The number of aliphatic imine (C=N–C) groups is 4. The Kier molecular flexibility index (Phi) is 68.3. The molecule has 1 unspecified atom stereocenters. The van der Waals surface area contributed by atoms with Crippen LogP contribution in [0.2, 0.25) is 76.0 Å². The Balaban J connectivity index is 0.00000242. The Hall–Kier alpha value is -8.03. The molecule has 1 rings (SSSR count). The highest BCUT2D eigenvalue weighted by Gasteiger charge is 2.30. The van der Waals surface area contributed by atoms with Crippen LogP contribution in [0, 0.1) is 0 Å². The second kappa shape index (κ2) is 73.4. The van der Waals surface area contributed by atoms with E-state index in [1.54, 1.807) is 0 Å². The minimum absolute atomic E-state index is 0.0813. The Morgan fingerprint density at radius 2 is 0.612 bits per heavy atom. The lowest BCUT2D eigenvalue weighted by Gasteiger charge is -2.27. The maximum absolute atomic E-state index is 13.5. The van der Waals surface area contributed by atoms with Gasteiger partial charge in [-0.2, -0.15) is 4.99 Å². The van der Waals surface area contributed by atoms with Crippen LogP contribution in [0.1, 0.15) is 206 Å². The van der Waals surface area contributed by atoms with Crippen molar-refractivity contribution in [1.29, 1.82) is 0 Å². The van der Waals surface area contributed by atoms with Gasteiger partial charge in [0.05, 0.1) is 19.6 Å². The molecule has 0 saturated carbocycles. The molecule has 1 aromatic heterocycles. The van der Waals surface area contributed by atoms with E-state index >= 15 is 0 Å². The number of hydrogen-bond acceptors (Lipinski definition) is 19. The number of hydrogen-bond donors (Lipinski definition) is 8. The molecule has 0 aliphatic rings. The first-order valence-electron chi connectivity index (χ1n) is 43.6. The van der Waals surface area contributed by atoms with Gasteiger partial charge >= 0.3 is 65.3 Å². The van der Waals surface area contributed by atoms with Crippen molar-refractivity contribution in [2.45, 2.75) is 308 Å². The first-order chi connectivity index (χ1) is 56.1. The van der Waals surface area contributed by atoms with Gasteiger partial charge in [0, 0.05) is 138 Å². The van der Waals surface area contributed by atoms with E-state index < -0.39 is 79.6 Å². The molecule has 660 valence electrons. The van der Waals surface area contributed by atoms with Gasteiger partial charge in [0.1, 0.15) is 6.17 Å². The summed E-state index contributed by atoms with van der Waals surface area (Å²) < 4.78 is 3.43. The lowest BCUT2D eigenvalue weighted by molar-refractivity contribution is 0.166. The second-order valence-corrected chi connectivity index (χ2v) is 42.8. The molecule has 0 radical (unpaired) electrons. The fourth-order valence-electron chi connectivity index (χ4n) is 12.3. The van der Waals surface area contributed by atoms with Crippen LogP contribution >= 0.6 is 0 Å². The molecular weight excluding hydrogens is 1570 g/mol. The number of isocyanates is 4. The third-order valence-corrected chi connectivity index (χ3v) is 25.8. The summed E-state index contributed by atoms with van der Waals surface area (Å²) in [6.45, 7) is 23.5. The molecule has 1 atom stereocenters. The third-order valence-electron chi connectivity index (χ3n) is 19.1. The molecule has 0 aliphatic heterocycles. The van der Waals surface area contributed by atoms with Crippen molar-refractivity contribution in [3.05, 3.63) is 31.5 Å². The van der Waals surface area contributed by atoms with Crippen molar-refractivity contribution in [3.63, 3.8) is 0 Å². The van der Waals surface area contributed by atoms with Gasteiger partial charge in [0.2, 0.25) is 24.3 Å². The quantitative estimate of drug-likeness (QED) is 0.0131. The highest BCUT2D eigenvalue weighted by molar-refractivity contribution is 6.76. The van der Waals surface area contributed by atoms with E-state index in [1.165, 1.54) is 43.6 Å². The predicted molar refractivity (Wildman–Crippen MR) is 473 cm³/mol. The fourth-order valence-corrected chi connectivity index (χ4v) is 16.5. The summed E-state index contributed by atoms with van der Waals surface area (Å²) in [5, 5.41) is 22.8. The molecule has 0 fully saturated rings. The minimum atomic E-state index is -1.42. The molecule has 0 aliphatic carbocycles. The van der Waals surface area contributed by atoms with E-state index in [9.17, 15) is 71.9 Å². The van der Waals surface area contributed by atoms with Crippen molar-refractivity contribution < 1.29 is 57.5 Å². The summed E-state index contributed by atoms with van der Waals surface area (Å²) in [6, 6.07) is 1.62.